The van der Waals surface area contributed by atoms with Gasteiger partial charge < -0.3 is 25.7 Å². The number of H-pyrrole nitrogens is 2. The molecular formula is C11H14N4O4. The fraction of sp³-hybridized carbons (Fsp3) is 0.455. The molecule has 102 valence electrons. The number of fused-ring (bicyclic) bond motifs is 1. The summed E-state index contributed by atoms with van der Waals surface area (Å²) in [6, 6.07) is 1.62. The number of ether oxygens (including phenoxy) is 1. The number of nitrogen functional groups attached to an aromatic ring is 1. The van der Waals surface area contributed by atoms with Crippen molar-refractivity contribution in [3.05, 3.63) is 22.1 Å². The first kappa shape index (κ1) is 12.2. The number of nitrogens with two attached hydrogens (primary N) is 1. The molecule has 1 fully saturated rings. The van der Waals surface area contributed by atoms with Crippen LogP contribution in [0, 0.1) is 0 Å². The number of aromatic nitrogens is 3. The number of aromatic amines is 2. The zero-order chi connectivity index (χ0) is 13.6. The van der Waals surface area contributed by atoms with E-state index < -0.39 is 18.3 Å². The minimum Gasteiger partial charge on any atom is -0.394 e. The molecule has 1 aliphatic rings. The molecular weight excluding hydrogens is 252 g/mol. The zero-order valence-corrected chi connectivity index (χ0v) is 9.96. The second-order valence-corrected chi connectivity index (χ2v) is 4.59. The molecule has 3 rings (SSSR count). The van der Waals surface area contributed by atoms with E-state index in [2.05, 4.69) is 15.0 Å². The van der Waals surface area contributed by atoms with Crippen LogP contribution >= 0.6 is 0 Å². The van der Waals surface area contributed by atoms with Gasteiger partial charge in [-0.1, -0.05) is 0 Å². The van der Waals surface area contributed by atoms with Crippen molar-refractivity contribution >= 4 is 17.0 Å². The molecule has 0 bridgehead atoms. The van der Waals surface area contributed by atoms with Gasteiger partial charge >= 0.3 is 0 Å². The Bertz CT molecular complexity index is 664. The van der Waals surface area contributed by atoms with E-state index in [4.69, 9.17) is 15.6 Å². The molecule has 0 unspecified atom stereocenters. The summed E-state index contributed by atoms with van der Waals surface area (Å²) < 4.78 is 5.51. The van der Waals surface area contributed by atoms with E-state index in [9.17, 15) is 9.90 Å². The molecule has 2 aromatic heterocycles. The Balaban J connectivity index is 1.99. The summed E-state index contributed by atoms with van der Waals surface area (Å²) in [5.41, 5.74) is 6.14. The van der Waals surface area contributed by atoms with Gasteiger partial charge in [0.15, 0.2) is 0 Å². The van der Waals surface area contributed by atoms with E-state index in [1.54, 1.807) is 6.07 Å². The fourth-order valence-electron chi connectivity index (χ4n) is 2.32. The van der Waals surface area contributed by atoms with Gasteiger partial charge in [0.2, 0.25) is 5.95 Å². The molecule has 0 radical (unpaired) electrons. The van der Waals surface area contributed by atoms with Crippen LogP contribution in [0.3, 0.4) is 0 Å². The first-order valence-corrected chi connectivity index (χ1v) is 5.91. The molecule has 0 amide bonds. The molecule has 0 spiro atoms. The van der Waals surface area contributed by atoms with E-state index in [-0.39, 0.29) is 18.1 Å². The third-order valence-electron chi connectivity index (χ3n) is 3.29. The van der Waals surface area contributed by atoms with Crippen LogP contribution < -0.4 is 11.3 Å². The van der Waals surface area contributed by atoms with Gasteiger partial charge in [-0.05, 0) is 6.07 Å². The highest BCUT2D eigenvalue weighted by Gasteiger charge is 2.35. The molecule has 2 aromatic rings. The number of hydrogen-bond acceptors (Lipinski definition) is 6. The van der Waals surface area contributed by atoms with E-state index in [0.717, 1.165) is 0 Å². The Morgan fingerprint density at radius 3 is 3.00 bits per heavy atom. The Labute approximate surface area is 107 Å². The average Bonchev–Trinajstić information content (AvgIpc) is 2.92. The minimum atomic E-state index is -0.724. The molecule has 0 aliphatic carbocycles. The first-order chi connectivity index (χ1) is 9.08. The highest BCUT2D eigenvalue weighted by Crippen LogP contribution is 2.33. The summed E-state index contributed by atoms with van der Waals surface area (Å²) in [6.45, 7) is -0.246. The van der Waals surface area contributed by atoms with Gasteiger partial charge in [-0.15, -0.1) is 0 Å². The highest BCUT2D eigenvalue weighted by atomic mass is 16.5. The first-order valence-electron chi connectivity index (χ1n) is 5.91. The molecule has 1 saturated heterocycles. The van der Waals surface area contributed by atoms with Crippen molar-refractivity contribution in [2.24, 2.45) is 0 Å². The molecule has 3 atom stereocenters. The lowest BCUT2D eigenvalue weighted by Crippen LogP contribution is -2.24. The maximum Gasteiger partial charge on any atom is 0.261 e. The van der Waals surface area contributed by atoms with Crippen molar-refractivity contribution in [1.82, 2.24) is 15.0 Å². The van der Waals surface area contributed by atoms with Gasteiger partial charge in [-0.25, -0.2) is 0 Å². The summed E-state index contributed by atoms with van der Waals surface area (Å²) in [5, 5.41) is 19.1. The van der Waals surface area contributed by atoms with Crippen LogP contribution in [0.4, 0.5) is 5.95 Å². The molecule has 1 aliphatic heterocycles. The summed E-state index contributed by atoms with van der Waals surface area (Å²) in [7, 11) is 0. The predicted octanol–water partition coefficient (Wildman–Crippen LogP) is -0.983. The van der Waals surface area contributed by atoms with Crippen LogP contribution in [-0.2, 0) is 4.74 Å². The number of rotatable bonds is 2. The molecule has 0 aromatic carbocycles. The van der Waals surface area contributed by atoms with Crippen molar-refractivity contribution in [3.63, 3.8) is 0 Å². The standard InChI is InChI=1S/C11H14N4O4/c12-11-14-9-4(10(18)15-11)1-5(13-9)7-2-6(17)8(3-16)19-7/h1,6-8,16-17H,2-3H2,(H4,12,13,14,15,18)/t6-,7+,8+/m0/s1. The minimum absolute atomic E-state index is 0.0338. The van der Waals surface area contributed by atoms with Crippen molar-refractivity contribution in [3.8, 4) is 0 Å². The van der Waals surface area contributed by atoms with Crippen molar-refractivity contribution in [1.29, 1.82) is 0 Å². The summed E-state index contributed by atoms with van der Waals surface area (Å²) in [4.78, 5) is 21.0. The second-order valence-electron chi connectivity index (χ2n) is 4.59. The lowest BCUT2D eigenvalue weighted by Gasteiger charge is -2.10. The van der Waals surface area contributed by atoms with Crippen LogP contribution in [0.1, 0.15) is 18.2 Å². The topological polar surface area (TPSA) is 137 Å². The zero-order valence-electron chi connectivity index (χ0n) is 9.96. The van der Waals surface area contributed by atoms with Crippen molar-refractivity contribution < 1.29 is 14.9 Å². The third kappa shape index (κ3) is 1.99. The van der Waals surface area contributed by atoms with Crippen LogP contribution in [0.25, 0.3) is 11.0 Å². The monoisotopic (exact) mass is 266 g/mol. The van der Waals surface area contributed by atoms with Crippen LogP contribution in [-0.4, -0.2) is 44.0 Å². The Hall–Kier alpha value is -1.90. The lowest BCUT2D eigenvalue weighted by atomic mass is 10.1. The lowest BCUT2D eigenvalue weighted by molar-refractivity contribution is -0.0234. The maximum atomic E-state index is 11.7. The SMILES string of the molecule is Nc1nc2[nH]c([C@H]3C[C@H](O)[C@@H](CO)O3)cc2c(=O)[nH]1. The summed E-state index contributed by atoms with van der Waals surface area (Å²) in [6.07, 6.45) is -1.38. The van der Waals surface area contributed by atoms with E-state index in [1.807, 2.05) is 0 Å². The number of nitrogens with one attached hydrogen (secondary N) is 2. The number of anilines is 1. The largest absolute Gasteiger partial charge is 0.394 e. The van der Waals surface area contributed by atoms with Gasteiger partial charge in [0, 0.05) is 12.1 Å². The molecule has 8 nitrogen and oxygen atoms in total. The maximum absolute atomic E-state index is 11.7. The number of aliphatic hydroxyl groups is 2. The normalized spacial score (nSPS) is 27.2. The van der Waals surface area contributed by atoms with Gasteiger partial charge in [0.25, 0.3) is 5.56 Å². The molecule has 0 saturated carbocycles. The molecule has 6 N–H and O–H groups in total. The van der Waals surface area contributed by atoms with Gasteiger partial charge in [-0.3, -0.25) is 9.78 Å². The van der Waals surface area contributed by atoms with Crippen molar-refractivity contribution in [2.45, 2.75) is 24.7 Å². The Kier molecular flexibility index (Phi) is 2.77. The Morgan fingerprint density at radius 2 is 2.32 bits per heavy atom. The predicted molar refractivity (Wildman–Crippen MR) is 66.5 cm³/mol. The van der Waals surface area contributed by atoms with Crippen LogP contribution in [0.2, 0.25) is 0 Å². The van der Waals surface area contributed by atoms with Gasteiger partial charge in [0.05, 0.1) is 18.1 Å². The smallest absolute Gasteiger partial charge is 0.261 e. The average molecular weight is 266 g/mol. The Morgan fingerprint density at radius 1 is 1.53 bits per heavy atom. The van der Waals surface area contributed by atoms with E-state index in [0.29, 0.717) is 23.1 Å². The van der Waals surface area contributed by atoms with Crippen LogP contribution in [0.5, 0.6) is 0 Å². The van der Waals surface area contributed by atoms with E-state index >= 15 is 0 Å². The summed E-state index contributed by atoms with van der Waals surface area (Å²) >= 11 is 0. The highest BCUT2D eigenvalue weighted by molar-refractivity contribution is 5.76. The third-order valence-corrected chi connectivity index (χ3v) is 3.29. The number of aliphatic hydroxyl groups excluding tert-OH is 2. The second kappa shape index (κ2) is 4.34. The molecule has 19 heavy (non-hydrogen) atoms. The molecule has 8 heteroatoms. The fourth-order valence-corrected chi connectivity index (χ4v) is 2.32. The van der Waals surface area contributed by atoms with Gasteiger partial charge in [-0.2, -0.15) is 4.98 Å². The van der Waals surface area contributed by atoms with Gasteiger partial charge in [0.1, 0.15) is 17.9 Å². The number of hydrogen-bond donors (Lipinski definition) is 5. The molecule has 3 heterocycles. The van der Waals surface area contributed by atoms with E-state index in [1.165, 1.54) is 0 Å². The summed E-state index contributed by atoms with van der Waals surface area (Å²) in [5.74, 6) is 0.0338. The quantitative estimate of drug-likeness (QED) is 0.473. The van der Waals surface area contributed by atoms with Crippen LogP contribution in [0.15, 0.2) is 10.9 Å². The van der Waals surface area contributed by atoms with Crippen molar-refractivity contribution in [2.75, 3.05) is 12.3 Å². The number of nitrogens with zero attached hydrogens (tertiary/aromatic N) is 1.